The van der Waals surface area contributed by atoms with Gasteiger partial charge < -0.3 is 16.0 Å². The van der Waals surface area contributed by atoms with E-state index >= 15 is 0 Å². The third-order valence-electron chi connectivity index (χ3n) is 4.80. The van der Waals surface area contributed by atoms with Gasteiger partial charge in [0.1, 0.15) is 11.3 Å². The molecule has 0 atom stereocenters. The number of hydrogen-bond donors (Lipinski definition) is 3. The smallest absolute Gasteiger partial charge is 0.269 e. The van der Waals surface area contributed by atoms with Crippen molar-refractivity contribution in [3.63, 3.8) is 0 Å². The molecule has 4 aromatic rings. The first kappa shape index (κ1) is 19.8. The van der Waals surface area contributed by atoms with Crippen LogP contribution in [0, 0.1) is 6.92 Å². The van der Waals surface area contributed by atoms with Crippen molar-refractivity contribution in [2.45, 2.75) is 6.92 Å². The molecule has 8 heteroatoms. The zero-order valence-electron chi connectivity index (χ0n) is 16.6. The summed E-state index contributed by atoms with van der Waals surface area (Å²) in [5, 5.41) is 6.82. The second kappa shape index (κ2) is 8.11. The topological polar surface area (TPSA) is 123 Å². The Balaban J connectivity index is 1.57. The van der Waals surface area contributed by atoms with Crippen LogP contribution in [0.1, 0.15) is 26.5 Å². The maximum atomic E-state index is 12.8. The zero-order chi connectivity index (χ0) is 22.0. The minimum atomic E-state index is -0.610. The summed E-state index contributed by atoms with van der Waals surface area (Å²) in [5.41, 5.74) is 8.51. The Morgan fingerprint density at radius 1 is 1.03 bits per heavy atom. The Morgan fingerprint density at radius 2 is 1.74 bits per heavy atom. The van der Waals surface area contributed by atoms with Crippen molar-refractivity contribution >= 4 is 17.5 Å². The van der Waals surface area contributed by atoms with Gasteiger partial charge in [-0.2, -0.15) is 5.10 Å². The van der Waals surface area contributed by atoms with Gasteiger partial charge in [-0.1, -0.05) is 30.3 Å². The molecule has 2 aromatic heterocycles. The Labute approximate surface area is 177 Å². The fourth-order valence-corrected chi connectivity index (χ4v) is 3.20. The van der Waals surface area contributed by atoms with Gasteiger partial charge in [-0.05, 0) is 48.9 Å². The maximum absolute atomic E-state index is 12.8. The normalized spacial score (nSPS) is 10.6. The number of aromatic amines is 1. The molecule has 0 saturated heterocycles. The number of primary amides is 1. The Bertz CT molecular complexity index is 1320. The number of carbonyl (C=O) groups is 2. The highest BCUT2D eigenvalue weighted by Crippen LogP contribution is 2.22. The molecular formula is C23H19N5O3. The fraction of sp³-hybridized carbons (Fsp3) is 0.0435. The standard InChI is InChI=1S/C23H19N5O3/c1-14-18(15-5-3-2-4-6-15)13-19(22(30)25-14)23(31)26-16-7-9-17(10-8-16)28-12-11-20(27-28)21(24)29/h2-13H,1H3,(H2,24,29)(H,25,30)(H,26,31). The predicted molar refractivity (Wildman–Crippen MR) is 117 cm³/mol. The molecule has 0 fully saturated rings. The van der Waals surface area contributed by atoms with E-state index < -0.39 is 17.4 Å². The number of aromatic nitrogens is 3. The number of benzene rings is 2. The zero-order valence-corrected chi connectivity index (χ0v) is 16.6. The van der Waals surface area contributed by atoms with Crippen LogP contribution in [0.15, 0.2) is 77.7 Å². The molecule has 0 unspecified atom stereocenters. The van der Waals surface area contributed by atoms with Gasteiger partial charge in [0.2, 0.25) is 0 Å². The van der Waals surface area contributed by atoms with Crippen LogP contribution in [0.3, 0.4) is 0 Å². The van der Waals surface area contributed by atoms with Gasteiger partial charge in [0.25, 0.3) is 17.4 Å². The van der Waals surface area contributed by atoms with Crippen LogP contribution in [0.2, 0.25) is 0 Å². The molecule has 0 aliphatic carbocycles. The summed E-state index contributed by atoms with van der Waals surface area (Å²) in [5.74, 6) is -1.12. The molecule has 0 spiro atoms. The Hall–Kier alpha value is -4.46. The lowest BCUT2D eigenvalue weighted by Crippen LogP contribution is -2.24. The van der Waals surface area contributed by atoms with Crippen LogP contribution >= 0.6 is 0 Å². The first-order valence-electron chi connectivity index (χ1n) is 9.49. The molecule has 2 heterocycles. The average molecular weight is 413 g/mol. The van der Waals surface area contributed by atoms with Gasteiger partial charge in [-0.3, -0.25) is 14.4 Å². The number of hydrogen-bond acceptors (Lipinski definition) is 4. The number of H-pyrrole nitrogens is 1. The molecule has 2 aromatic carbocycles. The lowest BCUT2D eigenvalue weighted by Gasteiger charge is -2.10. The molecule has 31 heavy (non-hydrogen) atoms. The van der Waals surface area contributed by atoms with Gasteiger partial charge in [-0.15, -0.1) is 0 Å². The van der Waals surface area contributed by atoms with Crippen LogP contribution in [-0.2, 0) is 0 Å². The molecule has 0 aliphatic rings. The van der Waals surface area contributed by atoms with Crippen molar-refractivity contribution in [3.05, 3.63) is 100 Å². The number of amides is 2. The van der Waals surface area contributed by atoms with Crippen molar-refractivity contribution in [1.29, 1.82) is 0 Å². The molecule has 0 bridgehead atoms. The minimum absolute atomic E-state index is 0.0201. The summed E-state index contributed by atoms with van der Waals surface area (Å²) >= 11 is 0. The van der Waals surface area contributed by atoms with Crippen molar-refractivity contribution in [3.8, 4) is 16.8 Å². The third kappa shape index (κ3) is 4.13. The number of rotatable bonds is 5. The van der Waals surface area contributed by atoms with Crippen LogP contribution in [0.25, 0.3) is 16.8 Å². The van der Waals surface area contributed by atoms with E-state index in [0.717, 1.165) is 11.1 Å². The highest BCUT2D eigenvalue weighted by Gasteiger charge is 2.15. The summed E-state index contributed by atoms with van der Waals surface area (Å²) in [6, 6.07) is 19.5. The molecule has 0 aliphatic heterocycles. The number of pyridine rings is 1. The number of nitrogens with zero attached hydrogens (tertiary/aromatic N) is 2. The molecule has 4 N–H and O–H groups in total. The molecular weight excluding hydrogens is 394 g/mol. The van der Waals surface area contributed by atoms with Crippen LogP contribution in [0.5, 0.6) is 0 Å². The quantitative estimate of drug-likeness (QED) is 0.465. The molecule has 154 valence electrons. The number of nitrogens with one attached hydrogen (secondary N) is 2. The van der Waals surface area contributed by atoms with E-state index in [4.69, 9.17) is 5.73 Å². The number of aryl methyl sites for hydroxylation is 1. The van der Waals surface area contributed by atoms with E-state index in [9.17, 15) is 14.4 Å². The summed E-state index contributed by atoms with van der Waals surface area (Å²) in [6.45, 7) is 1.79. The van der Waals surface area contributed by atoms with Crippen LogP contribution in [0.4, 0.5) is 5.69 Å². The summed E-state index contributed by atoms with van der Waals surface area (Å²) in [7, 11) is 0. The largest absolute Gasteiger partial charge is 0.364 e. The van der Waals surface area contributed by atoms with Gasteiger partial charge in [0.15, 0.2) is 0 Å². The highest BCUT2D eigenvalue weighted by atomic mass is 16.2. The molecule has 0 saturated carbocycles. The second-order valence-electron chi connectivity index (χ2n) is 6.93. The first-order chi connectivity index (χ1) is 14.9. The van der Waals surface area contributed by atoms with E-state index in [-0.39, 0.29) is 11.3 Å². The minimum Gasteiger partial charge on any atom is -0.364 e. The highest BCUT2D eigenvalue weighted by molar-refractivity contribution is 6.04. The van der Waals surface area contributed by atoms with E-state index in [1.165, 1.54) is 10.7 Å². The number of anilines is 1. The average Bonchev–Trinajstić information content (AvgIpc) is 3.25. The van der Waals surface area contributed by atoms with Crippen molar-refractivity contribution in [1.82, 2.24) is 14.8 Å². The van der Waals surface area contributed by atoms with E-state index in [1.807, 2.05) is 30.3 Å². The Kier molecular flexibility index (Phi) is 5.19. The van der Waals surface area contributed by atoms with E-state index in [0.29, 0.717) is 17.1 Å². The predicted octanol–water partition coefficient (Wildman–Crippen LogP) is 2.89. The van der Waals surface area contributed by atoms with Gasteiger partial charge >= 0.3 is 0 Å². The monoisotopic (exact) mass is 413 g/mol. The lowest BCUT2D eigenvalue weighted by molar-refractivity contribution is 0.0992. The van der Waals surface area contributed by atoms with Crippen molar-refractivity contribution in [2.75, 3.05) is 5.32 Å². The SMILES string of the molecule is Cc1[nH]c(=O)c(C(=O)Nc2ccc(-n3ccc(C(N)=O)n3)cc2)cc1-c1ccccc1. The van der Waals surface area contributed by atoms with E-state index in [2.05, 4.69) is 15.4 Å². The van der Waals surface area contributed by atoms with E-state index in [1.54, 1.807) is 43.5 Å². The fourth-order valence-electron chi connectivity index (χ4n) is 3.20. The van der Waals surface area contributed by atoms with Gasteiger partial charge in [0.05, 0.1) is 5.69 Å². The molecule has 8 nitrogen and oxygen atoms in total. The van der Waals surface area contributed by atoms with Crippen molar-refractivity contribution < 1.29 is 9.59 Å². The van der Waals surface area contributed by atoms with Crippen LogP contribution < -0.4 is 16.6 Å². The van der Waals surface area contributed by atoms with Crippen LogP contribution in [-0.4, -0.2) is 26.6 Å². The first-order valence-corrected chi connectivity index (χ1v) is 9.49. The van der Waals surface area contributed by atoms with Gasteiger partial charge in [-0.25, -0.2) is 4.68 Å². The molecule has 0 radical (unpaired) electrons. The summed E-state index contributed by atoms with van der Waals surface area (Å²) in [4.78, 5) is 39.1. The maximum Gasteiger partial charge on any atom is 0.269 e. The Morgan fingerprint density at radius 3 is 2.39 bits per heavy atom. The van der Waals surface area contributed by atoms with Crippen molar-refractivity contribution in [2.24, 2.45) is 5.73 Å². The summed E-state index contributed by atoms with van der Waals surface area (Å²) in [6.07, 6.45) is 1.62. The second-order valence-corrected chi connectivity index (χ2v) is 6.93. The number of nitrogens with two attached hydrogens (primary N) is 1. The number of carbonyl (C=O) groups excluding carboxylic acids is 2. The lowest BCUT2D eigenvalue weighted by atomic mass is 10.0. The molecule has 4 rings (SSSR count). The van der Waals surface area contributed by atoms with Gasteiger partial charge in [0, 0.05) is 23.1 Å². The third-order valence-corrected chi connectivity index (χ3v) is 4.80. The summed E-state index contributed by atoms with van der Waals surface area (Å²) < 4.78 is 1.50. The molecule has 2 amide bonds.